The van der Waals surface area contributed by atoms with Gasteiger partial charge in [0.1, 0.15) is 5.75 Å². The maximum atomic E-state index is 12.5. The van der Waals surface area contributed by atoms with Crippen LogP contribution in [0.5, 0.6) is 5.75 Å². The van der Waals surface area contributed by atoms with Gasteiger partial charge in [-0.25, -0.2) is 0 Å². The summed E-state index contributed by atoms with van der Waals surface area (Å²) in [5, 5.41) is 2.76. The number of carbonyl (C=O) groups excluding carboxylic acids is 2. The van der Waals surface area contributed by atoms with Gasteiger partial charge in [-0.3, -0.25) is 9.59 Å². The Morgan fingerprint density at radius 2 is 1.64 bits per heavy atom. The van der Waals surface area contributed by atoms with Gasteiger partial charge in [-0.1, -0.05) is 17.7 Å². The zero-order chi connectivity index (χ0) is 18.4. The molecule has 25 heavy (non-hydrogen) atoms. The van der Waals surface area contributed by atoms with Crippen LogP contribution >= 0.6 is 0 Å². The first-order valence-electron chi connectivity index (χ1n) is 8.24. The molecule has 0 atom stereocenters. The Kier molecular flexibility index (Phi) is 6.17. The molecule has 0 aliphatic carbocycles. The van der Waals surface area contributed by atoms with Crippen molar-refractivity contribution in [1.29, 1.82) is 0 Å². The highest BCUT2D eigenvalue weighted by Crippen LogP contribution is 2.20. The molecule has 0 heterocycles. The average molecular weight is 340 g/mol. The van der Waals surface area contributed by atoms with Crippen LogP contribution in [0.25, 0.3) is 0 Å². The van der Waals surface area contributed by atoms with Crippen molar-refractivity contribution < 1.29 is 14.3 Å². The molecule has 0 spiro atoms. The highest BCUT2D eigenvalue weighted by molar-refractivity contribution is 6.05. The third-order valence-corrected chi connectivity index (χ3v) is 3.65. The van der Waals surface area contributed by atoms with Crippen LogP contribution < -0.4 is 15.0 Å². The lowest BCUT2D eigenvalue weighted by Gasteiger charge is -2.18. The standard InChI is InChI=1S/C20H24N2O3/c1-14(2)21-19(23)13-25-18-11-9-17(10-12-18)22(4)20(24)16-7-5-15(3)6-8-16/h5-12,14H,13H2,1-4H3,(H,21,23). The van der Waals surface area contributed by atoms with Gasteiger partial charge in [0, 0.05) is 24.3 Å². The monoisotopic (exact) mass is 340 g/mol. The molecule has 0 fully saturated rings. The minimum absolute atomic E-state index is 0.0321. The summed E-state index contributed by atoms with van der Waals surface area (Å²) in [5.74, 6) is 0.342. The van der Waals surface area contributed by atoms with Crippen molar-refractivity contribution in [3.63, 3.8) is 0 Å². The number of nitrogens with zero attached hydrogens (tertiary/aromatic N) is 1. The maximum absolute atomic E-state index is 12.5. The van der Waals surface area contributed by atoms with Crippen molar-refractivity contribution in [2.24, 2.45) is 0 Å². The number of rotatable bonds is 6. The van der Waals surface area contributed by atoms with Crippen LogP contribution in [-0.4, -0.2) is 31.5 Å². The molecule has 0 radical (unpaired) electrons. The predicted molar refractivity (Wildman–Crippen MR) is 99.1 cm³/mol. The first kappa shape index (κ1) is 18.5. The molecule has 5 nitrogen and oxygen atoms in total. The van der Waals surface area contributed by atoms with Gasteiger partial charge < -0.3 is 15.0 Å². The number of aryl methyl sites for hydroxylation is 1. The summed E-state index contributed by atoms with van der Waals surface area (Å²) < 4.78 is 5.45. The average Bonchev–Trinajstić information content (AvgIpc) is 2.59. The molecule has 0 aromatic heterocycles. The fraction of sp³-hybridized carbons (Fsp3) is 0.300. The van der Waals surface area contributed by atoms with E-state index in [2.05, 4.69) is 5.32 Å². The largest absolute Gasteiger partial charge is 0.484 e. The Balaban J connectivity index is 1.97. The highest BCUT2D eigenvalue weighted by Gasteiger charge is 2.13. The van der Waals surface area contributed by atoms with Crippen molar-refractivity contribution in [3.8, 4) is 5.75 Å². The van der Waals surface area contributed by atoms with Gasteiger partial charge in [-0.15, -0.1) is 0 Å². The second-order valence-electron chi connectivity index (χ2n) is 6.23. The van der Waals surface area contributed by atoms with E-state index in [0.717, 1.165) is 11.3 Å². The number of hydrogen-bond donors (Lipinski definition) is 1. The molecular formula is C20H24N2O3. The van der Waals surface area contributed by atoms with E-state index in [1.807, 2.05) is 45.0 Å². The second-order valence-corrected chi connectivity index (χ2v) is 6.23. The van der Waals surface area contributed by atoms with Crippen molar-refractivity contribution in [2.75, 3.05) is 18.6 Å². The van der Waals surface area contributed by atoms with Crippen LogP contribution in [0.1, 0.15) is 29.8 Å². The van der Waals surface area contributed by atoms with Gasteiger partial charge in [0.2, 0.25) is 0 Å². The van der Waals surface area contributed by atoms with Crippen LogP contribution in [-0.2, 0) is 4.79 Å². The molecule has 0 bridgehead atoms. The summed E-state index contributed by atoms with van der Waals surface area (Å²) in [7, 11) is 1.73. The molecule has 0 unspecified atom stereocenters. The van der Waals surface area contributed by atoms with E-state index >= 15 is 0 Å². The molecular weight excluding hydrogens is 316 g/mol. The van der Waals surface area contributed by atoms with Crippen molar-refractivity contribution in [1.82, 2.24) is 5.32 Å². The number of benzene rings is 2. The van der Waals surface area contributed by atoms with Crippen molar-refractivity contribution in [3.05, 3.63) is 59.7 Å². The summed E-state index contributed by atoms with van der Waals surface area (Å²) in [4.78, 5) is 25.7. The molecule has 2 aromatic rings. The number of anilines is 1. The SMILES string of the molecule is Cc1ccc(C(=O)N(C)c2ccc(OCC(=O)NC(C)C)cc2)cc1. The predicted octanol–water partition coefficient (Wildman–Crippen LogP) is 3.18. The normalized spacial score (nSPS) is 10.4. The van der Waals surface area contributed by atoms with E-state index in [1.54, 1.807) is 36.2 Å². The molecule has 0 saturated carbocycles. The Hall–Kier alpha value is -2.82. The summed E-state index contributed by atoms with van der Waals surface area (Å²) in [6.07, 6.45) is 0. The molecule has 2 amide bonds. The number of hydrogen-bond acceptors (Lipinski definition) is 3. The van der Waals surface area contributed by atoms with Gasteiger partial charge in [0.05, 0.1) is 0 Å². The van der Waals surface area contributed by atoms with Gasteiger partial charge in [0.25, 0.3) is 11.8 Å². The van der Waals surface area contributed by atoms with E-state index in [1.165, 1.54) is 0 Å². The van der Waals surface area contributed by atoms with E-state index in [-0.39, 0.29) is 24.5 Å². The summed E-state index contributed by atoms with van der Waals surface area (Å²) in [6.45, 7) is 5.75. The Labute approximate surface area is 148 Å². The first-order chi connectivity index (χ1) is 11.9. The van der Waals surface area contributed by atoms with E-state index < -0.39 is 0 Å². The molecule has 2 rings (SSSR count). The molecule has 5 heteroatoms. The fourth-order valence-electron chi connectivity index (χ4n) is 2.29. The minimum Gasteiger partial charge on any atom is -0.484 e. The smallest absolute Gasteiger partial charge is 0.258 e. The lowest BCUT2D eigenvalue weighted by Crippen LogP contribution is -2.34. The van der Waals surface area contributed by atoms with E-state index in [9.17, 15) is 9.59 Å². The maximum Gasteiger partial charge on any atom is 0.258 e. The second kappa shape index (κ2) is 8.33. The summed E-state index contributed by atoms with van der Waals surface area (Å²) in [5.41, 5.74) is 2.51. The van der Waals surface area contributed by atoms with Crippen molar-refractivity contribution in [2.45, 2.75) is 26.8 Å². The van der Waals surface area contributed by atoms with Gasteiger partial charge in [-0.05, 0) is 57.2 Å². The molecule has 2 aromatic carbocycles. The van der Waals surface area contributed by atoms with Crippen molar-refractivity contribution >= 4 is 17.5 Å². The molecule has 0 aliphatic heterocycles. The first-order valence-corrected chi connectivity index (χ1v) is 8.24. The lowest BCUT2D eigenvalue weighted by molar-refractivity contribution is -0.123. The van der Waals surface area contributed by atoms with E-state index in [0.29, 0.717) is 11.3 Å². The van der Waals surface area contributed by atoms with Gasteiger partial charge in [-0.2, -0.15) is 0 Å². The third-order valence-electron chi connectivity index (χ3n) is 3.65. The summed E-state index contributed by atoms with van der Waals surface area (Å²) >= 11 is 0. The third kappa shape index (κ3) is 5.35. The highest BCUT2D eigenvalue weighted by atomic mass is 16.5. The van der Waals surface area contributed by atoms with Gasteiger partial charge >= 0.3 is 0 Å². The summed E-state index contributed by atoms with van der Waals surface area (Å²) in [6, 6.07) is 14.6. The number of nitrogens with one attached hydrogen (secondary N) is 1. The zero-order valence-electron chi connectivity index (χ0n) is 15.1. The molecule has 0 saturated heterocycles. The molecule has 0 aliphatic rings. The Morgan fingerprint density at radius 1 is 1.04 bits per heavy atom. The number of amides is 2. The lowest BCUT2D eigenvalue weighted by atomic mass is 10.1. The number of carbonyl (C=O) groups is 2. The van der Waals surface area contributed by atoms with E-state index in [4.69, 9.17) is 4.74 Å². The van der Waals surface area contributed by atoms with Crippen LogP contribution in [0.4, 0.5) is 5.69 Å². The topological polar surface area (TPSA) is 58.6 Å². The van der Waals surface area contributed by atoms with Gasteiger partial charge in [0.15, 0.2) is 6.61 Å². The van der Waals surface area contributed by atoms with Crippen LogP contribution in [0.2, 0.25) is 0 Å². The molecule has 132 valence electrons. The quantitative estimate of drug-likeness (QED) is 0.879. The minimum atomic E-state index is -0.161. The fourth-order valence-corrected chi connectivity index (χ4v) is 2.29. The van der Waals surface area contributed by atoms with Crippen LogP contribution in [0, 0.1) is 6.92 Å². The Morgan fingerprint density at radius 3 is 2.20 bits per heavy atom. The van der Waals surface area contributed by atoms with Crippen LogP contribution in [0.3, 0.4) is 0 Å². The Bertz CT molecular complexity index is 722. The zero-order valence-corrected chi connectivity index (χ0v) is 15.1. The molecule has 1 N–H and O–H groups in total. The van der Waals surface area contributed by atoms with Crippen LogP contribution in [0.15, 0.2) is 48.5 Å². The number of ether oxygens (including phenoxy) is 1.